The van der Waals surface area contributed by atoms with E-state index in [9.17, 15) is 0 Å². The summed E-state index contributed by atoms with van der Waals surface area (Å²) in [6.45, 7) is 9.96. The number of piperazine rings is 1. The molecule has 33 heavy (non-hydrogen) atoms. The summed E-state index contributed by atoms with van der Waals surface area (Å²) in [5, 5.41) is 12.9. The van der Waals surface area contributed by atoms with Crippen LogP contribution in [0.15, 0.2) is 48.5 Å². The molecule has 0 N–H and O–H groups in total. The summed E-state index contributed by atoms with van der Waals surface area (Å²) in [5.41, 5.74) is 2.04. The number of aromatic nitrogens is 4. The molecule has 2 aromatic carbocycles. The number of para-hydroxylation sites is 1. The van der Waals surface area contributed by atoms with Gasteiger partial charge in [0.25, 0.3) is 0 Å². The van der Waals surface area contributed by atoms with E-state index in [1.54, 1.807) is 14.2 Å². The summed E-state index contributed by atoms with van der Waals surface area (Å²) in [4.78, 5) is 4.86. The first-order valence-electron chi connectivity index (χ1n) is 11.0. The second-order valence-corrected chi connectivity index (χ2v) is 8.99. The Morgan fingerprint density at radius 2 is 1.61 bits per heavy atom. The average molecular weight is 473 g/mol. The molecule has 1 aliphatic heterocycles. The van der Waals surface area contributed by atoms with Crippen LogP contribution in [0, 0.1) is 0 Å². The van der Waals surface area contributed by atoms with Crippen molar-refractivity contribution in [2.75, 3.05) is 45.3 Å². The Morgan fingerprint density at radius 1 is 0.909 bits per heavy atom. The molecule has 9 heteroatoms. The third-order valence-corrected chi connectivity index (χ3v) is 5.91. The molecule has 1 aliphatic rings. The molecule has 1 aromatic heterocycles. The Balaban J connectivity index is 0.00000306. The number of methoxy groups -OCH3 is 2. The summed E-state index contributed by atoms with van der Waals surface area (Å²) in [6, 6.07) is 16.4. The number of hydrogen-bond acceptors (Lipinski definition) is 7. The minimum absolute atomic E-state index is 0. The highest BCUT2D eigenvalue weighted by atomic mass is 35.5. The lowest BCUT2D eigenvalue weighted by molar-refractivity contribution is 0.188. The Kier molecular flexibility index (Phi) is 7.81. The molecular formula is C24H33ClN6O2. The first kappa shape index (κ1) is 24.8. The van der Waals surface area contributed by atoms with Gasteiger partial charge in [0.15, 0.2) is 5.82 Å². The minimum atomic E-state index is -0.247. The van der Waals surface area contributed by atoms with Crippen LogP contribution < -0.4 is 14.4 Å². The molecule has 178 valence electrons. The van der Waals surface area contributed by atoms with E-state index in [-0.39, 0.29) is 24.0 Å². The van der Waals surface area contributed by atoms with Gasteiger partial charge in [-0.05, 0) is 55.5 Å². The van der Waals surface area contributed by atoms with Gasteiger partial charge >= 0.3 is 0 Å². The molecule has 1 unspecified atom stereocenters. The minimum Gasteiger partial charge on any atom is -0.497 e. The SMILES string of the molecule is COc1ccc(C(c2nnnn2C(C)(C)C)N2CCN(c3ccccc3)CC2)c(OC)c1.Cl. The normalized spacial score (nSPS) is 15.6. The van der Waals surface area contributed by atoms with Crippen LogP contribution in [-0.2, 0) is 5.54 Å². The number of rotatable bonds is 6. The van der Waals surface area contributed by atoms with Gasteiger partial charge in [0, 0.05) is 43.5 Å². The monoisotopic (exact) mass is 472 g/mol. The zero-order valence-corrected chi connectivity index (χ0v) is 20.7. The maximum Gasteiger partial charge on any atom is 0.173 e. The van der Waals surface area contributed by atoms with Crippen molar-refractivity contribution in [1.29, 1.82) is 0 Å². The van der Waals surface area contributed by atoms with Crippen LogP contribution in [0.25, 0.3) is 0 Å². The van der Waals surface area contributed by atoms with Crippen molar-refractivity contribution < 1.29 is 9.47 Å². The van der Waals surface area contributed by atoms with Crippen LogP contribution in [-0.4, -0.2) is 65.5 Å². The predicted octanol–water partition coefficient (Wildman–Crippen LogP) is 3.78. The molecular weight excluding hydrogens is 440 g/mol. The number of nitrogens with zero attached hydrogens (tertiary/aromatic N) is 6. The fraction of sp³-hybridized carbons (Fsp3) is 0.458. The van der Waals surface area contributed by atoms with Gasteiger partial charge in [0.05, 0.1) is 19.8 Å². The summed E-state index contributed by atoms with van der Waals surface area (Å²) < 4.78 is 13.1. The number of ether oxygens (including phenoxy) is 2. The summed E-state index contributed by atoms with van der Waals surface area (Å²) in [6.07, 6.45) is 0. The van der Waals surface area contributed by atoms with E-state index in [0.29, 0.717) is 0 Å². The highest BCUT2D eigenvalue weighted by Gasteiger charge is 2.35. The first-order chi connectivity index (χ1) is 15.4. The highest BCUT2D eigenvalue weighted by molar-refractivity contribution is 5.85. The summed E-state index contributed by atoms with van der Waals surface area (Å²) in [5.74, 6) is 2.34. The highest BCUT2D eigenvalue weighted by Crippen LogP contribution is 2.37. The van der Waals surface area contributed by atoms with Crippen LogP contribution in [0.1, 0.15) is 38.2 Å². The molecule has 8 nitrogen and oxygen atoms in total. The average Bonchev–Trinajstić information content (AvgIpc) is 3.31. The van der Waals surface area contributed by atoms with E-state index in [1.165, 1.54) is 5.69 Å². The maximum absolute atomic E-state index is 5.78. The van der Waals surface area contributed by atoms with Crippen LogP contribution in [0.2, 0.25) is 0 Å². The first-order valence-corrected chi connectivity index (χ1v) is 11.0. The zero-order chi connectivity index (χ0) is 22.7. The lowest BCUT2D eigenvalue weighted by atomic mass is 10.00. The molecule has 3 aromatic rings. The van der Waals surface area contributed by atoms with Crippen LogP contribution >= 0.6 is 12.4 Å². The van der Waals surface area contributed by atoms with Crippen molar-refractivity contribution in [3.05, 3.63) is 59.9 Å². The van der Waals surface area contributed by atoms with E-state index in [2.05, 4.69) is 82.5 Å². The third kappa shape index (κ3) is 5.23. The lowest BCUT2D eigenvalue weighted by Gasteiger charge is -2.40. The number of tetrazole rings is 1. The quantitative estimate of drug-likeness (QED) is 0.540. The maximum atomic E-state index is 5.78. The Hall–Kier alpha value is -2.84. The number of anilines is 1. The molecule has 1 saturated heterocycles. The van der Waals surface area contributed by atoms with Gasteiger partial charge in [-0.15, -0.1) is 17.5 Å². The summed E-state index contributed by atoms with van der Waals surface area (Å²) >= 11 is 0. The molecule has 0 saturated carbocycles. The van der Waals surface area contributed by atoms with Crippen LogP contribution in [0.4, 0.5) is 5.69 Å². The van der Waals surface area contributed by atoms with E-state index < -0.39 is 0 Å². The van der Waals surface area contributed by atoms with Crippen molar-refractivity contribution in [2.24, 2.45) is 0 Å². The van der Waals surface area contributed by atoms with Crippen molar-refractivity contribution in [2.45, 2.75) is 32.4 Å². The standard InChI is InChI=1S/C24H32N6O2.ClH/c1-24(2,3)30-23(25-26-27-30)22(20-12-11-19(31-4)17-21(20)32-5)29-15-13-28(14-16-29)18-9-7-6-8-10-18;/h6-12,17,22H,13-16H2,1-5H3;1H. The van der Waals surface area contributed by atoms with Gasteiger partial charge in [0.1, 0.15) is 17.5 Å². The Morgan fingerprint density at radius 3 is 2.21 bits per heavy atom. The van der Waals surface area contributed by atoms with Crippen LogP contribution in [0.5, 0.6) is 11.5 Å². The van der Waals surface area contributed by atoms with E-state index in [4.69, 9.17) is 9.47 Å². The molecule has 2 heterocycles. The molecule has 0 aliphatic carbocycles. The van der Waals surface area contributed by atoms with Crippen LogP contribution in [0.3, 0.4) is 0 Å². The molecule has 0 radical (unpaired) electrons. The van der Waals surface area contributed by atoms with Gasteiger partial charge < -0.3 is 14.4 Å². The van der Waals surface area contributed by atoms with Gasteiger partial charge in [0.2, 0.25) is 0 Å². The molecule has 4 rings (SSSR count). The second-order valence-electron chi connectivity index (χ2n) is 8.99. The largest absolute Gasteiger partial charge is 0.497 e. The lowest BCUT2D eigenvalue weighted by Crippen LogP contribution is -2.48. The molecule has 0 amide bonds. The number of benzene rings is 2. The van der Waals surface area contributed by atoms with E-state index in [0.717, 1.165) is 49.1 Å². The molecule has 1 fully saturated rings. The fourth-order valence-corrected chi connectivity index (χ4v) is 4.26. The second kappa shape index (κ2) is 10.4. The third-order valence-electron chi connectivity index (χ3n) is 5.91. The van der Waals surface area contributed by atoms with Gasteiger partial charge in [-0.2, -0.15) is 0 Å². The van der Waals surface area contributed by atoms with Crippen molar-refractivity contribution in [1.82, 2.24) is 25.1 Å². The van der Waals surface area contributed by atoms with Crippen molar-refractivity contribution >= 4 is 18.1 Å². The number of hydrogen-bond donors (Lipinski definition) is 0. The van der Waals surface area contributed by atoms with E-state index in [1.807, 2.05) is 16.8 Å². The topological polar surface area (TPSA) is 68.5 Å². The summed E-state index contributed by atoms with van der Waals surface area (Å²) in [7, 11) is 3.35. The van der Waals surface area contributed by atoms with Gasteiger partial charge in [-0.25, -0.2) is 4.68 Å². The predicted molar refractivity (Wildman–Crippen MR) is 132 cm³/mol. The number of halogens is 1. The van der Waals surface area contributed by atoms with Crippen molar-refractivity contribution in [3.63, 3.8) is 0 Å². The molecule has 0 spiro atoms. The Labute approximate surface area is 201 Å². The smallest absolute Gasteiger partial charge is 0.173 e. The zero-order valence-electron chi connectivity index (χ0n) is 19.9. The fourth-order valence-electron chi connectivity index (χ4n) is 4.26. The van der Waals surface area contributed by atoms with Gasteiger partial charge in [-0.3, -0.25) is 4.90 Å². The van der Waals surface area contributed by atoms with E-state index >= 15 is 0 Å². The van der Waals surface area contributed by atoms with Crippen molar-refractivity contribution in [3.8, 4) is 11.5 Å². The van der Waals surface area contributed by atoms with Gasteiger partial charge in [-0.1, -0.05) is 18.2 Å². The molecule has 1 atom stereocenters. The molecule has 0 bridgehead atoms. The Bertz CT molecular complexity index is 1030.